The van der Waals surface area contributed by atoms with Gasteiger partial charge in [-0.1, -0.05) is 37.6 Å². The van der Waals surface area contributed by atoms with Crippen LogP contribution in [0.4, 0.5) is 0 Å². The van der Waals surface area contributed by atoms with Gasteiger partial charge in [-0.3, -0.25) is 4.79 Å². The molecule has 0 aliphatic heterocycles. The van der Waals surface area contributed by atoms with E-state index in [1.54, 1.807) is 19.1 Å². The van der Waals surface area contributed by atoms with Gasteiger partial charge < -0.3 is 14.4 Å². The fourth-order valence-corrected chi connectivity index (χ4v) is 2.76. The number of likely N-dealkylation sites (N-methyl/N-ethyl adjacent to an activating group) is 1. The number of halogens is 1. The standard InChI is InChI=1S/C21H26ClNO3/c1-14(2)18-11-19(22)15(3)10-20(18)26-13-21(24)23(4)12-16-6-8-17(25-5)9-7-16/h6-11,14H,12-13H2,1-5H3. The summed E-state index contributed by atoms with van der Waals surface area (Å²) in [7, 11) is 3.40. The monoisotopic (exact) mass is 375 g/mol. The molecule has 2 aromatic rings. The molecular weight excluding hydrogens is 350 g/mol. The summed E-state index contributed by atoms with van der Waals surface area (Å²) >= 11 is 6.22. The van der Waals surface area contributed by atoms with Gasteiger partial charge in [-0.2, -0.15) is 0 Å². The lowest BCUT2D eigenvalue weighted by atomic mass is 10.0. The molecule has 2 rings (SSSR count). The lowest BCUT2D eigenvalue weighted by Crippen LogP contribution is -2.31. The van der Waals surface area contributed by atoms with Crippen molar-refractivity contribution in [2.75, 3.05) is 20.8 Å². The fraction of sp³-hybridized carbons (Fsp3) is 0.381. The quantitative estimate of drug-likeness (QED) is 0.696. The van der Waals surface area contributed by atoms with Crippen LogP contribution in [0.25, 0.3) is 0 Å². The minimum Gasteiger partial charge on any atom is -0.497 e. The average molecular weight is 376 g/mol. The van der Waals surface area contributed by atoms with E-state index in [9.17, 15) is 4.79 Å². The van der Waals surface area contributed by atoms with Crippen molar-refractivity contribution in [1.29, 1.82) is 0 Å². The summed E-state index contributed by atoms with van der Waals surface area (Å²) < 4.78 is 11.0. The molecule has 140 valence electrons. The lowest BCUT2D eigenvalue weighted by molar-refractivity contribution is -0.132. The zero-order chi connectivity index (χ0) is 19.3. The van der Waals surface area contributed by atoms with Gasteiger partial charge in [0.1, 0.15) is 11.5 Å². The van der Waals surface area contributed by atoms with Gasteiger partial charge in [0.2, 0.25) is 0 Å². The topological polar surface area (TPSA) is 38.8 Å². The van der Waals surface area contributed by atoms with Gasteiger partial charge >= 0.3 is 0 Å². The Kier molecular flexibility index (Phi) is 6.92. The van der Waals surface area contributed by atoms with E-state index in [4.69, 9.17) is 21.1 Å². The van der Waals surface area contributed by atoms with E-state index >= 15 is 0 Å². The Bertz CT molecular complexity index is 757. The van der Waals surface area contributed by atoms with Crippen LogP contribution in [0.3, 0.4) is 0 Å². The first-order chi connectivity index (χ1) is 12.3. The number of nitrogens with zero attached hydrogens (tertiary/aromatic N) is 1. The molecule has 0 atom stereocenters. The molecule has 5 heteroatoms. The highest BCUT2D eigenvalue weighted by atomic mass is 35.5. The maximum atomic E-state index is 12.4. The highest BCUT2D eigenvalue weighted by molar-refractivity contribution is 6.31. The van der Waals surface area contributed by atoms with Crippen molar-refractivity contribution in [2.24, 2.45) is 0 Å². The first kappa shape index (κ1) is 20.1. The van der Waals surface area contributed by atoms with Gasteiger partial charge in [0.15, 0.2) is 6.61 Å². The summed E-state index contributed by atoms with van der Waals surface area (Å²) in [6, 6.07) is 11.5. The number of rotatable bonds is 7. The SMILES string of the molecule is COc1ccc(CN(C)C(=O)COc2cc(C)c(Cl)cc2C(C)C)cc1. The summed E-state index contributed by atoms with van der Waals surface area (Å²) in [6.07, 6.45) is 0. The third-order valence-corrected chi connectivity index (χ3v) is 4.68. The number of amides is 1. The van der Waals surface area contributed by atoms with Crippen LogP contribution in [0.1, 0.15) is 36.5 Å². The van der Waals surface area contributed by atoms with E-state index in [0.717, 1.165) is 22.4 Å². The van der Waals surface area contributed by atoms with Crippen molar-refractivity contribution in [1.82, 2.24) is 4.90 Å². The van der Waals surface area contributed by atoms with E-state index in [1.165, 1.54) is 0 Å². The molecule has 0 aromatic heterocycles. The molecule has 0 fully saturated rings. The molecule has 0 spiro atoms. The second-order valence-electron chi connectivity index (χ2n) is 6.68. The summed E-state index contributed by atoms with van der Waals surface area (Å²) in [6.45, 7) is 6.59. The smallest absolute Gasteiger partial charge is 0.260 e. The van der Waals surface area contributed by atoms with E-state index in [-0.39, 0.29) is 18.4 Å². The van der Waals surface area contributed by atoms with Crippen molar-refractivity contribution < 1.29 is 14.3 Å². The summed E-state index contributed by atoms with van der Waals surface area (Å²) in [5, 5.41) is 0.712. The summed E-state index contributed by atoms with van der Waals surface area (Å²) in [5.41, 5.74) is 2.98. The van der Waals surface area contributed by atoms with Crippen LogP contribution in [0.2, 0.25) is 5.02 Å². The molecule has 0 bridgehead atoms. The second-order valence-corrected chi connectivity index (χ2v) is 7.09. The molecule has 0 aliphatic carbocycles. The van der Waals surface area contributed by atoms with Crippen LogP contribution in [0, 0.1) is 6.92 Å². The minimum atomic E-state index is -0.0804. The highest BCUT2D eigenvalue weighted by Crippen LogP contribution is 2.32. The Hall–Kier alpha value is -2.20. The number of benzene rings is 2. The fourth-order valence-electron chi connectivity index (χ4n) is 2.59. The number of ether oxygens (including phenoxy) is 2. The van der Waals surface area contributed by atoms with Crippen LogP contribution in [-0.4, -0.2) is 31.6 Å². The van der Waals surface area contributed by atoms with E-state index in [2.05, 4.69) is 13.8 Å². The molecule has 0 radical (unpaired) electrons. The minimum absolute atomic E-state index is 0.00650. The zero-order valence-corrected chi connectivity index (χ0v) is 16.8. The third kappa shape index (κ3) is 5.15. The predicted octanol–water partition coefficient (Wildman–Crippen LogP) is 4.82. The second kappa shape index (κ2) is 8.95. The molecule has 26 heavy (non-hydrogen) atoms. The van der Waals surface area contributed by atoms with Crippen molar-refractivity contribution in [2.45, 2.75) is 33.2 Å². The molecular formula is C21H26ClNO3. The predicted molar refractivity (Wildman–Crippen MR) is 105 cm³/mol. The Labute approximate surface area is 160 Å². The van der Waals surface area contributed by atoms with Crippen LogP contribution < -0.4 is 9.47 Å². The maximum Gasteiger partial charge on any atom is 0.260 e. The van der Waals surface area contributed by atoms with E-state index in [1.807, 2.05) is 43.3 Å². The first-order valence-electron chi connectivity index (χ1n) is 8.61. The molecule has 0 heterocycles. The van der Waals surface area contributed by atoms with Crippen LogP contribution >= 0.6 is 11.6 Å². The van der Waals surface area contributed by atoms with Crippen LogP contribution in [0.15, 0.2) is 36.4 Å². The molecule has 0 unspecified atom stereocenters. The molecule has 0 N–H and O–H groups in total. The van der Waals surface area contributed by atoms with Crippen molar-refractivity contribution in [3.8, 4) is 11.5 Å². The van der Waals surface area contributed by atoms with Crippen molar-refractivity contribution >= 4 is 17.5 Å². The first-order valence-corrected chi connectivity index (χ1v) is 8.99. The molecule has 0 saturated carbocycles. The molecule has 0 aliphatic rings. The zero-order valence-electron chi connectivity index (χ0n) is 16.0. The van der Waals surface area contributed by atoms with Crippen LogP contribution in [0.5, 0.6) is 11.5 Å². The number of carbonyl (C=O) groups is 1. The summed E-state index contributed by atoms with van der Waals surface area (Å²) in [5.74, 6) is 1.69. The average Bonchev–Trinajstić information content (AvgIpc) is 2.62. The molecule has 1 amide bonds. The maximum absolute atomic E-state index is 12.4. The largest absolute Gasteiger partial charge is 0.497 e. The van der Waals surface area contributed by atoms with Gasteiger partial charge in [-0.15, -0.1) is 0 Å². The van der Waals surface area contributed by atoms with Crippen LogP contribution in [-0.2, 0) is 11.3 Å². The Balaban J connectivity index is 2.00. The molecule has 4 nitrogen and oxygen atoms in total. The van der Waals surface area contributed by atoms with Gasteiger partial charge in [-0.25, -0.2) is 0 Å². The Morgan fingerprint density at radius 1 is 1.19 bits per heavy atom. The number of aryl methyl sites for hydroxylation is 1. The summed E-state index contributed by atoms with van der Waals surface area (Å²) in [4.78, 5) is 14.1. The van der Waals surface area contributed by atoms with Gasteiger partial charge in [0, 0.05) is 18.6 Å². The van der Waals surface area contributed by atoms with E-state index in [0.29, 0.717) is 17.3 Å². The number of hydrogen-bond donors (Lipinski definition) is 0. The van der Waals surface area contributed by atoms with Gasteiger partial charge in [-0.05, 0) is 53.8 Å². The van der Waals surface area contributed by atoms with Gasteiger partial charge in [0.25, 0.3) is 5.91 Å². The highest BCUT2D eigenvalue weighted by Gasteiger charge is 2.15. The number of methoxy groups -OCH3 is 1. The van der Waals surface area contributed by atoms with Crippen molar-refractivity contribution in [3.63, 3.8) is 0 Å². The lowest BCUT2D eigenvalue weighted by Gasteiger charge is -2.20. The normalized spacial score (nSPS) is 10.7. The van der Waals surface area contributed by atoms with Gasteiger partial charge in [0.05, 0.1) is 7.11 Å². The molecule has 2 aromatic carbocycles. The molecule has 0 saturated heterocycles. The number of carbonyl (C=O) groups excluding carboxylic acids is 1. The van der Waals surface area contributed by atoms with Crippen molar-refractivity contribution in [3.05, 3.63) is 58.1 Å². The number of hydrogen-bond acceptors (Lipinski definition) is 3. The third-order valence-electron chi connectivity index (χ3n) is 4.27. The van der Waals surface area contributed by atoms with E-state index < -0.39 is 0 Å². The Morgan fingerprint density at radius 3 is 2.42 bits per heavy atom. The Morgan fingerprint density at radius 2 is 1.85 bits per heavy atom.